The van der Waals surface area contributed by atoms with Crippen LogP contribution in [0.1, 0.15) is 65.7 Å². The van der Waals surface area contributed by atoms with Crippen molar-refractivity contribution in [2.75, 3.05) is 0 Å². The number of rotatable bonds is 1. The molecule has 4 saturated carbocycles. The van der Waals surface area contributed by atoms with Crippen LogP contribution >= 0.6 is 15.9 Å². The largest absolute Gasteiger partial charge is 0.381 e. The number of aliphatic hydroxyl groups is 1. The molecule has 0 aromatic rings. The SMILES string of the molecule is CC(=O)[C@@]1(O)CC[C@H]2[C@@H]3CCC4[C@@H](Br)C(=O)CC[C@]4(C)[C@H]3C(=O)C[C@@]21C. The van der Waals surface area contributed by atoms with Crippen LogP contribution in [0.15, 0.2) is 0 Å². The summed E-state index contributed by atoms with van der Waals surface area (Å²) in [5.74, 6) is 0.889. The predicted octanol–water partition coefficient (Wildman–Crippen LogP) is 3.47. The third-order valence-corrected chi connectivity index (χ3v) is 10.1. The molecule has 0 bridgehead atoms. The van der Waals surface area contributed by atoms with Crippen molar-refractivity contribution in [3.63, 3.8) is 0 Å². The summed E-state index contributed by atoms with van der Waals surface area (Å²) in [6.45, 7) is 5.64. The third-order valence-electron chi connectivity index (χ3n) is 8.94. The van der Waals surface area contributed by atoms with Crippen LogP contribution in [0.4, 0.5) is 0 Å². The second-order valence-corrected chi connectivity index (χ2v) is 10.8. The lowest BCUT2D eigenvalue weighted by Crippen LogP contribution is -2.62. The average Bonchev–Trinajstić information content (AvgIpc) is 2.83. The van der Waals surface area contributed by atoms with E-state index in [1.54, 1.807) is 0 Å². The van der Waals surface area contributed by atoms with Crippen LogP contribution in [-0.2, 0) is 14.4 Å². The van der Waals surface area contributed by atoms with Gasteiger partial charge in [-0.1, -0.05) is 29.8 Å². The van der Waals surface area contributed by atoms with E-state index < -0.39 is 11.0 Å². The molecule has 0 aromatic heterocycles. The Morgan fingerprint density at radius 2 is 1.77 bits per heavy atom. The summed E-state index contributed by atoms with van der Waals surface area (Å²) in [6, 6.07) is 0. The van der Waals surface area contributed by atoms with Crippen LogP contribution in [0.5, 0.6) is 0 Å². The van der Waals surface area contributed by atoms with Gasteiger partial charge < -0.3 is 5.11 Å². The van der Waals surface area contributed by atoms with Crippen LogP contribution in [0.25, 0.3) is 0 Å². The minimum atomic E-state index is -1.36. The van der Waals surface area contributed by atoms with Crippen molar-refractivity contribution >= 4 is 33.3 Å². The fourth-order valence-corrected chi connectivity index (χ4v) is 8.59. The Kier molecular flexibility index (Phi) is 4.14. The zero-order chi connectivity index (χ0) is 19.1. The fourth-order valence-electron chi connectivity index (χ4n) is 7.49. The molecule has 0 saturated heterocycles. The molecule has 0 aromatic carbocycles. The Balaban J connectivity index is 1.73. The highest BCUT2D eigenvalue weighted by atomic mass is 79.9. The standard InChI is InChI=1S/C21H29BrO4/c1-11(23)21(26)9-6-13-12-4-5-14-18(22)15(24)7-8-19(14,2)17(12)16(25)10-20(13,21)3/h12-14,17-18,26H,4-10H2,1-3H3/t12-,13-,14?,17+,18+,19-,20-,21-/m0/s1. The molecule has 1 unspecified atom stereocenters. The van der Waals surface area contributed by atoms with Crippen LogP contribution in [0, 0.1) is 34.5 Å². The Labute approximate surface area is 163 Å². The Hall–Kier alpha value is -0.550. The molecule has 0 heterocycles. The van der Waals surface area contributed by atoms with Gasteiger partial charge in [0.25, 0.3) is 0 Å². The van der Waals surface area contributed by atoms with Crippen molar-refractivity contribution < 1.29 is 19.5 Å². The summed E-state index contributed by atoms with van der Waals surface area (Å²) in [7, 11) is 0. The van der Waals surface area contributed by atoms with Crippen molar-refractivity contribution in [3.05, 3.63) is 0 Å². The summed E-state index contributed by atoms with van der Waals surface area (Å²) in [4.78, 5) is 37.8. The maximum atomic E-state index is 13.4. The van der Waals surface area contributed by atoms with Gasteiger partial charge >= 0.3 is 0 Å². The molecule has 0 aliphatic heterocycles. The van der Waals surface area contributed by atoms with Crippen LogP contribution in [0.3, 0.4) is 0 Å². The number of alkyl halides is 1. The van der Waals surface area contributed by atoms with Gasteiger partial charge in [-0.3, -0.25) is 14.4 Å². The van der Waals surface area contributed by atoms with Gasteiger partial charge in [-0.15, -0.1) is 0 Å². The second kappa shape index (κ2) is 5.73. The molecule has 4 nitrogen and oxygen atoms in total. The minimum absolute atomic E-state index is 0.0400. The number of carbonyl (C=O) groups is 3. The molecule has 0 spiro atoms. The van der Waals surface area contributed by atoms with Crippen molar-refractivity contribution in [1.29, 1.82) is 0 Å². The third kappa shape index (κ3) is 2.13. The van der Waals surface area contributed by atoms with Crippen LogP contribution in [-0.4, -0.2) is 32.9 Å². The van der Waals surface area contributed by atoms with Crippen molar-refractivity contribution in [3.8, 4) is 0 Å². The molecule has 4 fully saturated rings. The normalized spacial score (nSPS) is 53.7. The molecule has 26 heavy (non-hydrogen) atoms. The molecule has 4 rings (SSSR count). The van der Waals surface area contributed by atoms with Gasteiger partial charge in [0.2, 0.25) is 0 Å². The molecule has 1 N–H and O–H groups in total. The van der Waals surface area contributed by atoms with Gasteiger partial charge in [-0.2, -0.15) is 0 Å². The van der Waals surface area contributed by atoms with Crippen molar-refractivity contribution in [2.24, 2.45) is 34.5 Å². The van der Waals surface area contributed by atoms with E-state index in [1.807, 2.05) is 6.92 Å². The van der Waals surface area contributed by atoms with Crippen LogP contribution < -0.4 is 0 Å². The maximum Gasteiger partial charge on any atom is 0.161 e. The topological polar surface area (TPSA) is 71.4 Å². The molecule has 8 atom stereocenters. The number of hydrogen-bond donors (Lipinski definition) is 1. The quantitative estimate of drug-likeness (QED) is 0.654. The number of fused-ring (bicyclic) bond motifs is 5. The Morgan fingerprint density at radius 3 is 2.42 bits per heavy atom. The molecule has 0 amide bonds. The highest BCUT2D eigenvalue weighted by Crippen LogP contribution is 2.67. The molecule has 4 aliphatic rings. The summed E-state index contributed by atoms with van der Waals surface area (Å²) >= 11 is 3.63. The first-order chi connectivity index (χ1) is 12.1. The van der Waals surface area contributed by atoms with Gasteiger partial charge in [-0.25, -0.2) is 0 Å². The first-order valence-corrected chi connectivity index (χ1v) is 10.9. The molecule has 144 valence electrons. The first kappa shape index (κ1) is 18.8. The van der Waals surface area contributed by atoms with Gasteiger partial charge in [0.15, 0.2) is 5.78 Å². The van der Waals surface area contributed by atoms with Gasteiger partial charge in [0, 0.05) is 24.2 Å². The number of carbonyl (C=O) groups excluding carboxylic acids is 3. The smallest absolute Gasteiger partial charge is 0.161 e. The predicted molar refractivity (Wildman–Crippen MR) is 101 cm³/mol. The van der Waals surface area contributed by atoms with Crippen molar-refractivity contribution in [2.45, 2.75) is 76.1 Å². The lowest BCUT2D eigenvalue weighted by molar-refractivity contribution is -0.176. The van der Waals surface area contributed by atoms with Crippen LogP contribution in [0.2, 0.25) is 0 Å². The van der Waals surface area contributed by atoms with E-state index in [9.17, 15) is 19.5 Å². The maximum absolute atomic E-state index is 13.4. The zero-order valence-corrected chi connectivity index (χ0v) is 17.5. The monoisotopic (exact) mass is 424 g/mol. The molecular formula is C21H29BrO4. The van der Waals surface area contributed by atoms with Crippen molar-refractivity contribution in [1.82, 2.24) is 0 Å². The number of Topliss-reactive ketones (excluding diaryl/α,β-unsaturated/α-hetero) is 3. The number of hydrogen-bond acceptors (Lipinski definition) is 4. The average molecular weight is 425 g/mol. The number of ketones is 3. The highest BCUT2D eigenvalue weighted by molar-refractivity contribution is 9.10. The van der Waals surface area contributed by atoms with E-state index in [1.165, 1.54) is 6.92 Å². The fraction of sp³-hybridized carbons (Fsp3) is 0.857. The van der Waals surface area contributed by atoms with E-state index in [4.69, 9.17) is 0 Å². The van der Waals surface area contributed by atoms with Gasteiger partial charge in [0.1, 0.15) is 17.2 Å². The number of halogens is 1. The lowest BCUT2D eigenvalue weighted by atomic mass is 9.44. The summed E-state index contributed by atoms with van der Waals surface area (Å²) in [5, 5.41) is 11.2. The van der Waals surface area contributed by atoms with Gasteiger partial charge in [0.05, 0.1) is 4.83 Å². The molecule has 0 radical (unpaired) electrons. The Morgan fingerprint density at radius 1 is 1.08 bits per heavy atom. The van der Waals surface area contributed by atoms with E-state index in [0.717, 1.165) is 25.7 Å². The molecule has 5 heteroatoms. The van der Waals surface area contributed by atoms with E-state index in [-0.39, 0.29) is 57.7 Å². The second-order valence-electron chi connectivity index (χ2n) is 9.82. The van der Waals surface area contributed by atoms with E-state index in [2.05, 4.69) is 22.9 Å². The Bertz CT molecular complexity index is 689. The zero-order valence-electron chi connectivity index (χ0n) is 15.9. The molecular weight excluding hydrogens is 396 g/mol. The molecule has 4 aliphatic carbocycles. The summed E-state index contributed by atoms with van der Waals surface area (Å²) in [5.41, 5.74) is -2.16. The van der Waals surface area contributed by atoms with E-state index >= 15 is 0 Å². The summed E-state index contributed by atoms with van der Waals surface area (Å²) in [6.07, 6.45) is 4.76. The minimum Gasteiger partial charge on any atom is -0.381 e. The summed E-state index contributed by atoms with van der Waals surface area (Å²) < 4.78 is 0. The van der Waals surface area contributed by atoms with E-state index in [0.29, 0.717) is 12.8 Å². The first-order valence-electron chi connectivity index (χ1n) is 9.99. The highest BCUT2D eigenvalue weighted by Gasteiger charge is 2.69. The van der Waals surface area contributed by atoms with Gasteiger partial charge in [-0.05, 0) is 62.2 Å². The lowest BCUT2D eigenvalue weighted by Gasteiger charge is -2.60.